The molecule has 3 heteroatoms. The van der Waals surface area contributed by atoms with E-state index in [0.29, 0.717) is 5.92 Å². The molecule has 0 amide bonds. The summed E-state index contributed by atoms with van der Waals surface area (Å²) in [6, 6.07) is 72.0. The predicted molar refractivity (Wildman–Crippen MR) is 242 cm³/mol. The summed E-state index contributed by atoms with van der Waals surface area (Å²) in [6.07, 6.45) is 2.15. The van der Waals surface area contributed by atoms with Crippen LogP contribution in [0.4, 0.5) is 0 Å². The van der Waals surface area contributed by atoms with Gasteiger partial charge in [0, 0.05) is 11.1 Å². The Bertz CT molecular complexity index is 2740. The second kappa shape index (κ2) is 15.4. The summed E-state index contributed by atoms with van der Waals surface area (Å²) in [7, 11) is 0. The smallest absolute Gasteiger partial charge is 0.159 e. The average molecular weight is 746 g/mol. The largest absolute Gasteiger partial charge is 0.344 e. The second-order valence-corrected chi connectivity index (χ2v) is 15.5. The van der Waals surface area contributed by atoms with Crippen molar-refractivity contribution in [2.45, 2.75) is 31.8 Å². The molecule has 0 spiro atoms. The van der Waals surface area contributed by atoms with Crippen molar-refractivity contribution in [2.24, 2.45) is 9.98 Å². The number of nitrogens with zero attached hydrogens (tertiary/aromatic N) is 2. The number of nitrogens with one attached hydrogen (secondary N) is 1. The SMILES string of the molecule is Cc1ccc(C2N=C(c3ccccc3)N=C(c3ccccc3)N2)cc1-c1ccc(-c2cccc(-c3cc(-c4ccccc4)cc(-c4ccccc4)c3)c2)cc1C1CC1. The molecular formula is C55H43N3. The fourth-order valence-electron chi connectivity index (χ4n) is 8.17. The molecule has 1 N–H and O–H groups in total. The molecule has 2 aliphatic rings. The van der Waals surface area contributed by atoms with E-state index in [2.05, 4.69) is 188 Å². The zero-order valence-corrected chi connectivity index (χ0v) is 32.5. The minimum atomic E-state index is -0.281. The highest BCUT2D eigenvalue weighted by molar-refractivity contribution is 6.13. The van der Waals surface area contributed by atoms with Crippen LogP contribution in [0.1, 0.15) is 52.7 Å². The zero-order chi connectivity index (χ0) is 38.8. The van der Waals surface area contributed by atoms with Crippen molar-refractivity contribution < 1.29 is 0 Å². The van der Waals surface area contributed by atoms with Crippen LogP contribution in [0.25, 0.3) is 55.6 Å². The van der Waals surface area contributed by atoms with Gasteiger partial charge in [0.15, 0.2) is 5.84 Å². The van der Waals surface area contributed by atoms with E-state index in [9.17, 15) is 0 Å². The van der Waals surface area contributed by atoms with Crippen LogP contribution < -0.4 is 5.32 Å². The van der Waals surface area contributed by atoms with Gasteiger partial charge in [0.2, 0.25) is 0 Å². The van der Waals surface area contributed by atoms with Crippen LogP contribution in [-0.2, 0) is 0 Å². The zero-order valence-electron chi connectivity index (χ0n) is 32.5. The van der Waals surface area contributed by atoms with E-state index < -0.39 is 0 Å². The molecule has 1 aliphatic carbocycles. The minimum Gasteiger partial charge on any atom is -0.344 e. The Morgan fingerprint density at radius 3 is 1.52 bits per heavy atom. The molecule has 1 saturated carbocycles. The lowest BCUT2D eigenvalue weighted by Crippen LogP contribution is -2.33. The third-order valence-electron chi connectivity index (χ3n) is 11.4. The molecule has 10 rings (SSSR count). The Hall–Kier alpha value is -7.10. The van der Waals surface area contributed by atoms with E-state index in [1.165, 1.54) is 79.6 Å². The van der Waals surface area contributed by atoms with Gasteiger partial charge in [-0.15, -0.1) is 0 Å². The van der Waals surface area contributed by atoms with E-state index in [0.717, 1.165) is 28.4 Å². The second-order valence-electron chi connectivity index (χ2n) is 15.5. The summed E-state index contributed by atoms with van der Waals surface area (Å²) in [5.41, 5.74) is 18.2. The maximum Gasteiger partial charge on any atom is 0.159 e. The lowest BCUT2D eigenvalue weighted by atomic mass is 9.88. The van der Waals surface area contributed by atoms with E-state index >= 15 is 0 Å². The molecule has 3 nitrogen and oxygen atoms in total. The van der Waals surface area contributed by atoms with E-state index in [1.807, 2.05) is 24.3 Å². The van der Waals surface area contributed by atoms with Gasteiger partial charge in [-0.3, -0.25) is 0 Å². The molecular weight excluding hydrogens is 703 g/mol. The van der Waals surface area contributed by atoms with E-state index in [4.69, 9.17) is 9.98 Å². The summed E-state index contributed by atoms with van der Waals surface area (Å²) in [5, 5.41) is 3.67. The van der Waals surface area contributed by atoms with Crippen molar-refractivity contribution in [3.05, 3.63) is 228 Å². The average Bonchev–Trinajstić information content (AvgIpc) is 4.16. The summed E-state index contributed by atoms with van der Waals surface area (Å²) < 4.78 is 0. The highest BCUT2D eigenvalue weighted by Gasteiger charge is 2.28. The first kappa shape index (κ1) is 35.3. The quantitative estimate of drug-likeness (QED) is 0.157. The number of amidine groups is 2. The van der Waals surface area contributed by atoms with Gasteiger partial charge in [-0.2, -0.15) is 0 Å². The molecule has 1 aliphatic heterocycles. The Morgan fingerprint density at radius 2 is 0.914 bits per heavy atom. The molecule has 1 unspecified atom stereocenters. The fourth-order valence-corrected chi connectivity index (χ4v) is 8.17. The summed E-state index contributed by atoms with van der Waals surface area (Å²) in [6.45, 7) is 2.23. The molecule has 1 heterocycles. The minimum absolute atomic E-state index is 0.281. The summed E-state index contributed by atoms with van der Waals surface area (Å²) >= 11 is 0. The number of rotatable bonds is 9. The van der Waals surface area contributed by atoms with Crippen LogP contribution in [0.3, 0.4) is 0 Å². The van der Waals surface area contributed by atoms with Gasteiger partial charge >= 0.3 is 0 Å². The molecule has 0 aromatic heterocycles. The summed E-state index contributed by atoms with van der Waals surface area (Å²) in [4.78, 5) is 10.2. The Labute approximate surface area is 341 Å². The molecule has 1 atom stereocenters. The van der Waals surface area contributed by atoms with Gasteiger partial charge < -0.3 is 5.32 Å². The number of hydrogen-bond acceptors (Lipinski definition) is 3. The number of benzene rings is 8. The summed E-state index contributed by atoms with van der Waals surface area (Å²) in [5.74, 6) is 2.12. The molecule has 0 saturated heterocycles. The van der Waals surface area contributed by atoms with Crippen LogP contribution in [0.5, 0.6) is 0 Å². The highest BCUT2D eigenvalue weighted by Crippen LogP contribution is 2.47. The maximum atomic E-state index is 5.18. The number of hydrogen-bond donors (Lipinski definition) is 1. The first-order chi connectivity index (χ1) is 28.6. The van der Waals surface area contributed by atoms with Crippen molar-refractivity contribution in [1.82, 2.24) is 5.32 Å². The van der Waals surface area contributed by atoms with E-state index in [1.54, 1.807) is 0 Å². The van der Waals surface area contributed by atoms with Gasteiger partial charge in [-0.25, -0.2) is 9.98 Å². The van der Waals surface area contributed by atoms with Crippen molar-refractivity contribution in [3.8, 4) is 55.6 Å². The standard InChI is InChI=1S/C55H43N3/c1-37-25-26-46(55-57-53(41-19-10-4-11-20-41)56-54(58-55)42-21-12-5-13-22-42)36-51(37)50-30-29-45(35-52(50)40-27-28-40)43-23-14-24-44(31-43)49-33-47(38-15-6-2-7-16-38)32-48(34-49)39-17-8-3-9-18-39/h2-26,29-36,40,55H,27-28H2,1H3,(H,56,57,58). The molecule has 0 radical (unpaired) electrons. The Morgan fingerprint density at radius 1 is 0.414 bits per heavy atom. The molecule has 1 fully saturated rings. The van der Waals surface area contributed by atoms with Crippen molar-refractivity contribution in [1.29, 1.82) is 0 Å². The number of aliphatic imine (C=N–C) groups is 2. The predicted octanol–water partition coefficient (Wildman–Crippen LogP) is 13.7. The monoisotopic (exact) mass is 745 g/mol. The maximum absolute atomic E-state index is 5.18. The van der Waals surface area contributed by atoms with Gasteiger partial charge in [-0.1, -0.05) is 170 Å². The third kappa shape index (κ3) is 7.31. The van der Waals surface area contributed by atoms with Crippen LogP contribution in [0.15, 0.2) is 210 Å². The molecule has 8 aromatic rings. The Kier molecular flexibility index (Phi) is 9.41. The van der Waals surface area contributed by atoms with Gasteiger partial charge in [0.25, 0.3) is 0 Å². The van der Waals surface area contributed by atoms with Crippen molar-refractivity contribution in [3.63, 3.8) is 0 Å². The highest BCUT2D eigenvalue weighted by atomic mass is 15.2. The first-order valence-corrected chi connectivity index (χ1v) is 20.3. The Balaban J connectivity index is 1.01. The topological polar surface area (TPSA) is 36.8 Å². The first-order valence-electron chi connectivity index (χ1n) is 20.3. The molecule has 278 valence electrons. The third-order valence-corrected chi connectivity index (χ3v) is 11.4. The van der Waals surface area contributed by atoms with Gasteiger partial charge in [0.05, 0.1) is 0 Å². The number of aryl methyl sites for hydroxylation is 1. The lowest BCUT2D eigenvalue weighted by Gasteiger charge is -2.24. The van der Waals surface area contributed by atoms with Crippen LogP contribution >= 0.6 is 0 Å². The fraction of sp³-hybridized carbons (Fsp3) is 0.0909. The van der Waals surface area contributed by atoms with Crippen molar-refractivity contribution >= 4 is 11.7 Å². The molecule has 8 aromatic carbocycles. The van der Waals surface area contributed by atoms with Gasteiger partial charge in [-0.05, 0) is 128 Å². The lowest BCUT2D eigenvalue weighted by molar-refractivity contribution is 0.674. The van der Waals surface area contributed by atoms with E-state index in [-0.39, 0.29) is 6.17 Å². The van der Waals surface area contributed by atoms with Crippen LogP contribution in [0, 0.1) is 6.92 Å². The normalized spacial score (nSPS) is 14.9. The van der Waals surface area contributed by atoms with Crippen LogP contribution in [-0.4, -0.2) is 11.7 Å². The van der Waals surface area contributed by atoms with Crippen molar-refractivity contribution in [2.75, 3.05) is 0 Å². The van der Waals surface area contributed by atoms with Crippen LogP contribution in [0.2, 0.25) is 0 Å². The molecule has 58 heavy (non-hydrogen) atoms. The van der Waals surface area contributed by atoms with Gasteiger partial charge in [0.1, 0.15) is 12.0 Å². The molecule has 0 bridgehead atoms.